The van der Waals surface area contributed by atoms with Crippen molar-refractivity contribution in [3.8, 4) is 0 Å². The number of hydrogen-bond acceptors (Lipinski definition) is 6. The smallest absolute Gasteiger partial charge is 0.209 e. The molecule has 0 bridgehead atoms. The summed E-state index contributed by atoms with van der Waals surface area (Å²) in [5.74, 6) is 5.52. The molecule has 6 nitrogen and oxygen atoms in total. The highest BCUT2D eigenvalue weighted by molar-refractivity contribution is 5.28. The van der Waals surface area contributed by atoms with Crippen LogP contribution in [-0.2, 0) is 14.2 Å². The zero-order chi connectivity index (χ0) is 29.7. The van der Waals surface area contributed by atoms with Crippen molar-refractivity contribution >= 4 is 0 Å². The van der Waals surface area contributed by atoms with Crippen LogP contribution in [0.25, 0.3) is 0 Å². The summed E-state index contributed by atoms with van der Waals surface area (Å²) in [6, 6.07) is 0. The molecule has 3 saturated carbocycles. The van der Waals surface area contributed by atoms with Crippen LogP contribution in [0.4, 0.5) is 0 Å². The summed E-state index contributed by atoms with van der Waals surface area (Å²) >= 11 is 0. The van der Waals surface area contributed by atoms with E-state index in [0.29, 0.717) is 23.2 Å². The minimum Gasteiger partial charge on any atom is -0.394 e. The summed E-state index contributed by atoms with van der Waals surface area (Å²) in [7, 11) is 0. The van der Waals surface area contributed by atoms with Gasteiger partial charge in [0.2, 0.25) is 12.6 Å². The van der Waals surface area contributed by atoms with Gasteiger partial charge in [0.05, 0.1) is 19.3 Å². The van der Waals surface area contributed by atoms with Crippen LogP contribution in [0.15, 0.2) is 11.6 Å². The minimum atomic E-state index is -1.27. The molecule has 1 heterocycles. The van der Waals surface area contributed by atoms with E-state index < -0.39 is 24.8 Å². The molecule has 1 saturated heterocycles. The topological polar surface area (TPSA) is 88.4 Å². The standard InChI is InChI=1S/C35H60O6/c1-20(2)21(3)8-9-22(4)25-12-13-27-24-10-11-26-23(5)29(15-17-35(26,7)28(24)14-16-34(25,27)6)40-33-32(38)39-30(18-36)31(19-37)41-33/h10,20-23,25-33,36-38H,8-9,11-19H2,1-7H3/t21?,22?,23?,25?,26?,27?,28?,29?,30?,31?,32-,33?,34?,35?/m0/s1. The summed E-state index contributed by atoms with van der Waals surface area (Å²) in [6.07, 6.45) is 10.3. The molecule has 0 aromatic carbocycles. The first-order valence-corrected chi connectivity index (χ1v) is 17.0. The Morgan fingerprint density at radius 2 is 1.56 bits per heavy atom. The fourth-order valence-corrected chi connectivity index (χ4v) is 10.4. The van der Waals surface area contributed by atoms with Crippen LogP contribution < -0.4 is 0 Å². The second-order valence-electron chi connectivity index (χ2n) is 15.7. The fourth-order valence-electron chi connectivity index (χ4n) is 10.4. The third-order valence-electron chi connectivity index (χ3n) is 13.5. The minimum absolute atomic E-state index is 0.0323. The number of rotatable bonds is 9. The zero-order valence-electron chi connectivity index (χ0n) is 26.9. The van der Waals surface area contributed by atoms with E-state index in [4.69, 9.17) is 14.2 Å². The molecule has 4 aliphatic carbocycles. The Bertz CT molecular complexity index is 920. The van der Waals surface area contributed by atoms with E-state index in [1.807, 2.05) is 0 Å². The van der Waals surface area contributed by atoms with Crippen molar-refractivity contribution in [1.82, 2.24) is 0 Å². The monoisotopic (exact) mass is 576 g/mol. The van der Waals surface area contributed by atoms with Crippen molar-refractivity contribution in [2.24, 2.45) is 58.2 Å². The van der Waals surface area contributed by atoms with Crippen molar-refractivity contribution < 1.29 is 29.5 Å². The maximum absolute atomic E-state index is 10.5. The van der Waals surface area contributed by atoms with E-state index in [1.54, 1.807) is 5.57 Å². The Kier molecular flexibility index (Phi) is 9.71. The van der Waals surface area contributed by atoms with Gasteiger partial charge in [0, 0.05) is 0 Å². The van der Waals surface area contributed by atoms with Gasteiger partial charge in [-0.05, 0) is 103 Å². The van der Waals surface area contributed by atoms with Gasteiger partial charge in [-0.15, -0.1) is 0 Å². The second-order valence-corrected chi connectivity index (χ2v) is 15.7. The largest absolute Gasteiger partial charge is 0.394 e. The zero-order valence-corrected chi connectivity index (χ0v) is 26.9. The average Bonchev–Trinajstić information content (AvgIpc) is 3.31. The molecule has 41 heavy (non-hydrogen) atoms. The molecular weight excluding hydrogens is 516 g/mol. The molecule has 4 fully saturated rings. The van der Waals surface area contributed by atoms with Crippen molar-refractivity contribution in [2.75, 3.05) is 13.2 Å². The van der Waals surface area contributed by atoms with Gasteiger partial charge in [-0.2, -0.15) is 0 Å². The van der Waals surface area contributed by atoms with Crippen LogP contribution in [0.3, 0.4) is 0 Å². The maximum atomic E-state index is 10.5. The van der Waals surface area contributed by atoms with Crippen molar-refractivity contribution in [3.63, 3.8) is 0 Å². The Morgan fingerprint density at radius 1 is 0.902 bits per heavy atom. The van der Waals surface area contributed by atoms with E-state index in [1.165, 1.54) is 38.5 Å². The number of aliphatic hydroxyl groups is 3. The first-order chi connectivity index (χ1) is 19.4. The number of aliphatic hydroxyl groups excluding tert-OH is 3. The van der Waals surface area contributed by atoms with Crippen LogP contribution in [0, 0.1) is 58.2 Å². The van der Waals surface area contributed by atoms with Gasteiger partial charge >= 0.3 is 0 Å². The summed E-state index contributed by atoms with van der Waals surface area (Å²) in [6.45, 7) is 16.7. The van der Waals surface area contributed by atoms with Crippen molar-refractivity contribution in [1.29, 1.82) is 0 Å². The molecule has 5 rings (SSSR count). The maximum Gasteiger partial charge on any atom is 0.209 e. The van der Waals surface area contributed by atoms with Crippen LogP contribution in [0.5, 0.6) is 0 Å². The first-order valence-electron chi connectivity index (χ1n) is 17.0. The summed E-state index contributed by atoms with van der Waals surface area (Å²) in [5, 5.41) is 29.7. The quantitative estimate of drug-likeness (QED) is 0.279. The molecule has 3 N–H and O–H groups in total. The second kappa shape index (κ2) is 12.5. The normalized spacial score (nSPS) is 47.7. The predicted molar refractivity (Wildman–Crippen MR) is 161 cm³/mol. The third kappa shape index (κ3) is 5.73. The van der Waals surface area contributed by atoms with E-state index in [0.717, 1.165) is 48.9 Å². The lowest BCUT2D eigenvalue weighted by Gasteiger charge is -2.60. The van der Waals surface area contributed by atoms with E-state index >= 15 is 0 Å². The molecule has 0 aromatic rings. The van der Waals surface area contributed by atoms with Crippen LogP contribution in [-0.4, -0.2) is 59.4 Å². The molecule has 0 radical (unpaired) electrons. The molecule has 14 atom stereocenters. The Labute approximate surface area is 249 Å². The molecule has 0 amide bonds. The van der Waals surface area contributed by atoms with Crippen LogP contribution in [0.2, 0.25) is 0 Å². The lowest BCUT2D eigenvalue weighted by molar-refractivity contribution is -0.370. The number of hydrogen-bond donors (Lipinski definition) is 3. The molecule has 6 heteroatoms. The highest BCUT2D eigenvalue weighted by atomic mass is 16.8. The van der Waals surface area contributed by atoms with Crippen LogP contribution in [0.1, 0.15) is 106 Å². The van der Waals surface area contributed by atoms with Gasteiger partial charge in [0.25, 0.3) is 0 Å². The van der Waals surface area contributed by atoms with Crippen molar-refractivity contribution in [3.05, 3.63) is 11.6 Å². The predicted octanol–water partition coefficient (Wildman–Crippen LogP) is 6.32. The highest BCUT2D eigenvalue weighted by Gasteiger charge is 2.59. The Morgan fingerprint density at radius 3 is 2.24 bits per heavy atom. The summed E-state index contributed by atoms with van der Waals surface area (Å²) in [5.41, 5.74) is 2.52. The number of ether oxygens (including phenoxy) is 3. The van der Waals surface area contributed by atoms with E-state index in [2.05, 4.69) is 54.5 Å². The van der Waals surface area contributed by atoms with E-state index in [9.17, 15) is 15.3 Å². The molecule has 13 unspecified atom stereocenters. The van der Waals surface area contributed by atoms with Gasteiger partial charge in [-0.1, -0.05) is 73.0 Å². The fraction of sp³-hybridized carbons (Fsp3) is 0.943. The van der Waals surface area contributed by atoms with Gasteiger partial charge in [-0.3, -0.25) is 0 Å². The lowest BCUT2D eigenvalue weighted by Crippen LogP contribution is -2.56. The molecule has 236 valence electrons. The molecule has 0 aromatic heterocycles. The summed E-state index contributed by atoms with van der Waals surface area (Å²) in [4.78, 5) is 0. The van der Waals surface area contributed by atoms with E-state index in [-0.39, 0.29) is 24.7 Å². The van der Waals surface area contributed by atoms with Gasteiger partial charge in [0.15, 0.2) is 0 Å². The molecular formula is C35H60O6. The van der Waals surface area contributed by atoms with Gasteiger partial charge < -0.3 is 29.5 Å². The third-order valence-corrected chi connectivity index (χ3v) is 13.5. The van der Waals surface area contributed by atoms with Gasteiger partial charge in [-0.25, -0.2) is 0 Å². The lowest BCUT2D eigenvalue weighted by atomic mass is 9.46. The molecule has 5 aliphatic rings. The van der Waals surface area contributed by atoms with Crippen LogP contribution >= 0.6 is 0 Å². The first kappa shape index (κ1) is 31.9. The Hall–Kier alpha value is -0.500. The number of fused-ring (bicyclic) bond motifs is 5. The van der Waals surface area contributed by atoms with Crippen molar-refractivity contribution in [2.45, 2.75) is 137 Å². The Balaban J connectivity index is 1.26. The average molecular weight is 577 g/mol. The highest BCUT2D eigenvalue weighted by Crippen LogP contribution is 2.67. The SMILES string of the molecule is CC(C)C(C)CCC(C)C1CCC2C3=CCC4C(C)C(OC5OC(CO)C(CO)O[C@@H]5O)CCC4(C)C3CCC21C. The molecule has 1 aliphatic heterocycles. The summed E-state index contributed by atoms with van der Waals surface area (Å²) < 4.78 is 17.8. The number of allylic oxidation sites excluding steroid dienone is 2. The van der Waals surface area contributed by atoms with Gasteiger partial charge in [0.1, 0.15) is 12.2 Å². The molecule has 0 spiro atoms.